The van der Waals surface area contributed by atoms with Crippen LogP contribution < -0.4 is 19.8 Å². The van der Waals surface area contributed by atoms with Crippen molar-refractivity contribution >= 4 is 43.8 Å². The summed E-state index contributed by atoms with van der Waals surface area (Å²) in [4.78, 5) is 12.8. The summed E-state index contributed by atoms with van der Waals surface area (Å²) in [7, 11) is 5.56. The maximum Gasteiger partial charge on any atom is 0.240 e. The van der Waals surface area contributed by atoms with Crippen molar-refractivity contribution in [3.8, 4) is 0 Å². The first-order valence-corrected chi connectivity index (χ1v) is 10.2. The van der Waals surface area contributed by atoms with E-state index in [1.807, 2.05) is 56.2 Å². The molecular weight excluding hydrogens is 376 g/mol. The van der Waals surface area contributed by atoms with Gasteiger partial charge < -0.3 is 15.1 Å². The lowest BCUT2D eigenvalue weighted by atomic mass is 10.2. The third-order valence-electron chi connectivity index (χ3n) is 4.42. The number of hydrogen-bond donors (Lipinski definition) is 2. The molecule has 0 unspecified atom stereocenters. The van der Waals surface area contributed by atoms with Crippen LogP contribution in [0.15, 0.2) is 47.6 Å². The molecule has 0 saturated heterocycles. The van der Waals surface area contributed by atoms with Gasteiger partial charge in [-0.15, -0.1) is 0 Å². The molecule has 0 saturated carbocycles. The Hall–Kier alpha value is -2.91. The Kier molecular flexibility index (Phi) is 5.39. The SMILES string of the molecule is CNS(=O)(=O)c1ccc(N(C)C)c(Nc2ncnc3ccc(N(C)C)cc23)c1. The fourth-order valence-corrected chi connectivity index (χ4v) is 3.60. The van der Waals surface area contributed by atoms with Gasteiger partial charge in [-0.1, -0.05) is 0 Å². The van der Waals surface area contributed by atoms with E-state index < -0.39 is 10.0 Å². The molecule has 1 aromatic heterocycles. The third kappa shape index (κ3) is 3.85. The predicted molar refractivity (Wildman–Crippen MR) is 114 cm³/mol. The smallest absolute Gasteiger partial charge is 0.240 e. The molecule has 0 aliphatic rings. The highest BCUT2D eigenvalue weighted by Gasteiger charge is 2.16. The summed E-state index contributed by atoms with van der Waals surface area (Å²) in [6.07, 6.45) is 1.49. The van der Waals surface area contributed by atoms with Gasteiger partial charge in [0, 0.05) is 39.3 Å². The molecule has 0 bridgehead atoms. The lowest BCUT2D eigenvalue weighted by Gasteiger charge is -2.20. The monoisotopic (exact) mass is 400 g/mol. The van der Waals surface area contributed by atoms with Crippen LogP contribution in [0.25, 0.3) is 10.9 Å². The Morgan fingerprint density at radius 2 is 1.68 bits per heavy atom. The number of nitrogens with zero attached hydrogens (tertiary/aromatic N) is 4. The van der Waals surface area contributed by atoms with Crippen LogP contribution in [-0.4, -0.2) is 53.6 Å². The van der Waals surface area contributed by atoms with Gasteiger partial charge >= 0.3 is 0 Å². The highest BCUT2D eigenvalue weighted by Crippen LogP contribution is 2.32. The van der Waals surface area contributed by atoms with Crippen molar-refractivity contribution < 1.29 is 8.42 Å². The van der Waals surface area contributed by atoms with Gasteiger partial charge in [-0.05, 0) is 43.4 Å². The van der Waals surface area contributed by atoms with Gasteiger partial charge in [0.05, 0.1) is 21.8 Å². The standard InChI is InChI=1S/C19H24N6O2S/c1-20-28(26,27)14-7-9-18(25(4)5)17(11-14)23-19-15-10-13(24(2)3)6-8-16(15)21-12-22-19/h6-12,20H,1-5H3,(H,21,22,23). The number of aromatic nitrogens is 2. The van der Waals surface area contributed by atoms with Crippen molar-refractivity contribution in [1.29, 1.82) is 0 Å². The first-order chi connectivity index (χ1) is 13.2. The molecule has 0 amide bonds. The topological polar surface area (TPSA) is 90.5 Å². The molecule has 3 rings (SSSR count). The highest BCUT2D eigenvalue weighted by atomic mass is 32.2. The number of benzene rings is 2. The van der Waals surface area contributed by atoms with Crippen molar-refractivity contribution in [3.63, 3.8) is 0 Å². The van der Waals surface area contributed by atoms with Crippen LogP contribution in [0.3, 0.4) is 0 Å². The maximum absolute atomic E-state index is 12.2. The van der Waals surface area contributed by atoms with Crippen LogP contribution in [0.5, 0.6) is 0 Å². The van der Waals surface area contributed by atoms with E-state index in [2.05, 4.69) is 20.0 Å². The van der Waals surface area contributed by atoms with E-state index in [1.165, 1.54) is 13.4 Å². The van der Waals surface area contributed by atoms with Crippen molar-refractivity contribution in [2.24, 2.45) is 0 Å². The lowest BCUT2D eigenvalue weighted by molar-refractivity contribution is 0.588. The Morgan fingerprint density at radius 3 is 2.32 bits per heavy atom. The summed E-state index contributed by atoms with van der Waals surface area (Å²) in [6, 6.07) is 10.9. The highest BCUT2D eigenvalue weighted by molar-refractivity contribution is 7.89. The van der Waals surface area contributed by atoms with Gasteiger partial charge in [0.15, 0.2) is 0 Å². The molecule has 2 N–H and O–H groups in total. The average molecular weight is 401 g/mol. The van der Waals surface area contributed by atoms with E-state index in [4.69, 9.17) is 0 Å². The van der Waals surface area contributed by atoms with Crippen molar-refractivity contribution in [1.82, 2.24) is 14.7 Å². The third-order valence-corrected chi connectivity index (χ3v) is 5.83. The second-order valence-corrected chi connectivity index (χ2v) is 8.61. The molecule has 0 aliphatic carbocycles. The van der Waals surface area contributed by atoms with Crippen LogP contribution in [0.1, 0.15) is 0 Å². The van der Waals surface area contributed by atoms with Crippen molar-refractivity contribution in [2.45, 2.75) is 4.90 Å². The molecule has 2 aromatic carbocycles. The largest absolute Gasteiger partial charge is 0.378 e. The Bertz CT molecular complexity index is 1110. The molecule has 28 heavy (non-hydrogen) atoms. The van der Waals surface area contributed by atoms with E-state index in [-0.39, 0.29) is 4.90 Å². The number of hydrogen-bond acceptors (Lipinski definition) is 7. The summed E-state index contributed by atoms with van der Waals surface area (Å²) in [5, 5.41) is 4.14. The van der Waals surface area contributed by atoms with Crippen LogP contribution >= 0.6 is 0 Å². The minimum atomic E-state index is -3.56. The van der Waals surface area contributed by atoms with Crippen molar-refractivity contribution in [2.75, 3.05) is 50.4 Å². The molecule has 8 nitrogen and oxygen atoms in total. The van der Waals surface area contributed by atoms with Crippen molar-refractivity contribution in [3.05, 3.63) is 42.7 Å². The first kappa shape index (κ1) is 19.8. The van der Waals surface area contributed by atoms with E-state index in [0.29, 0.717) is 11.5 Å². The van der Waals surface area contributed by atoms with Crippen LogP contribution in [0, 0.1) is 0 Å². The molecule has 9 heteroatoms. The van der Waals surface area contributed by atoms with E-state index >= 15 is 0 Å². The molecule has 0 radical (unpaired) electrons. The zero-order valence-corrected chi connectivity index (χ0v) is 17.4. The second-order valence-electron chi connectivity index (χ2n) is 6.72. The summed E-state index contributed by atoms with van der Waals surface area (Å²) in [5.41, 5.74) is 3.29. The number of sulfonamides is 1. The van der Waals surface area contributed by atoms with Gasteiger partial charge in [0.1, 0.15) is 12.1 Å². The number of nitrogens with one attached hydrogen (secondary N) is 2. The summed E-state index contributed by atoms with van der Waals surface area (Å²) in [6.45, 7) is 0. The van der Waals surface area contributed by atoms with E-state index in [9.17, 15) is 8.42 Å². The summed E-state index contributed by atoms with van der Waals surface area (Å²) < 4.78 is 26.8. The minimum absolute atomic E-state index is 0.176. The van der Waals surface area contributed by atoms with Gasteiger partial charge in [-0.25, -0.2) is 23.1 Å². The lowest BCUT2D eigenvalue weighted by Crippen LogP contribution is -2.19. The number of anilines is 4. The molecule has 0 fully saturated rings. The van der Waals surface area contributed by atoms with E-state index in [0.717, 1.165) is 22.3 Å². The zero-order valence-electron chi connectivity index (χ0n) is 16.6. The second kappa shape index (κ2) is 7.61. The molecule has 3 aromatic rings. The fourth-order valence-electron chi connectivity index (χ4n) is 2.84. The predicted octanol–water partition coefficient (Wildman–Crippen LogP) is 2.41. The van der Waals surface area contributed by atoms with Gasteiger partial charge in [0.25, 0.3) is 0 Å². The molecular formula is C19H24N6O2S. The molecule has 0 atom stereocenters. The molecule has 0 spiro atoms. The Morgan fingerprint density at radius 1 is 0.929 bits per heavy atom. The summed E-state index contributed by atoms with van der Waals surface area (Å²) >= 11 is 0. The Balaban J connectivity index is 2.15. The quantitative estimate of drug-likeness (QED) is 0.657. The van der Waals surface area contributed by atoms with Gasteiger partial charge in [0.2, 0.25) is 10.0 Å². The first-order valence-electron chi connectivity index (χ1n) is 8.67. The molecule has 148 valence electrons. The van der Waals surface area contributed by atoms with Crippen LogP contribution in [0.2, 0.25) is 0 Å². The van der Waals surface area contributed by atoms with Crippen LogP contribution in [-0.2, 0) is 10.0 Å². The summed E-state index contributed by atoms with van der Waals surface area (Å²) in [5.74, 6) is 0.607. The normalized spacial score (nSPS) is 11.5. The fraction of sp³-hybridized carbons (Fsp3) is 0.263. The minimum Gasteiger partial charge on any atom is -0.378 e. The Labute approximate surface area is 165 Å². The van der Waals surface area contributed by atoms with E-state index in [1.54, 1.807) is 18.2 Å². The van der Waals surface area contributed by atoms with Gasteiger partial charge in [-0.3, -0.25) is 0 Å². The maximum atomic E-state index is 12.2. The average Bonchev–Trinajstić information content (AvgIpc) is 2.67. The molecule has 1 heterocycles. The van der Waals surface area contributed by atoms with Crippen LogP contribution in [0.4, 0.5) is 22.9 Å². The number of fused-ring (bicyclic) bond motifs is 1. The zero-order chi connectivity index (χ0) is 20.5. The van der Waals surface area contributed by atoms with Gasteiger partial charge in [-0.2, -0.15) is 0 Å². The number of rotatable bonds is 6. The molecule has 0 aliphatic heterocycles.